The van der Waals surface area contributed by atoms with E-state index in [0.29, 0.717) is 16.8 Å². The van der Waals surface area contributed by atoms with Gasteiger partial charge in [-0.15, -0.1) is 0 Å². The van der Waals surface area contributed by atoms with Gasteiger partial charge in [0.05, 0.1) is 12.7 Å². The minimum atomic E-state index is -1.25. The van der Waals surface area contributed by atoms with Crippen molar-refractivity contribution in [2.75, 3.05) is 5.32 Å². The molecular weight excluding hydrogens is 262 g/mol. The Morgan fingerprint density at radius 3 is 2.85 bits per heavy atom. The van der Waals surface area contributed by atoms with Gasteiger partial charge in [-0.05, 0) is 23.8 Å². The van der Waals surface area contributed by atoms with Crippen molar-refractivity contribution in [1.29, 1.82) is 0 Å². The van der Waals surface area contributed by atoms with Crippen LogP contribution < -0.4 is 5.32 Å². The Kier molecular flexibility index (Phi) is 2.60. The van der Waals surface area contributed by atoms with E-state index in [1.807, 2.05) is 0 Å². The van der Waals surface area contributed by atoms with Gasteiger partial charge >= 0.3 is 5.97 Å². The highest BCUT2D eigenvalue weighted by Crippen LogP contribution is 2.25. The maximum atomic E-state index is 12.3. The van der Waals surface area contributed by atoms with Crippen molar-refractivity contribution < 1.29 is 19.5 Å². The number of carboxylic acids is 1. The fourth-order valence-corrected chi connectivity index (χ4v) is 2.14. The number of H-pyrrole nitrogens is 1. The molecule has 0 bridgehead atoms. The number of carboxylic acid groups (broad SMARTS) is 1. The Labute approximate surface area is 112 Å². The Morgan fingerprint density at radius 2 is 2.10 bits per heavy atom. The van der Waals surface area contributed by atoms with Gasteiger partial charge in [-0.25, -0.2) is 9.78 Å². The highest BCUT2D eigenvalue weighted by molar-refractivity contribution is 6.13. The highest BCUT2D eigenvalue weighted by Gasteiger charge is 2.23. The SMILES string of the molecule is O=C1Cc2cc(C(=O)c3nc[nH]c3C(=O)O)ccc2N1. The minimum absolute atomic E-state index is 0.129. The van der Waals surface area contributed by atoms with E-state index >= 15 is 0 Å². The van der Waals surface area contributed by atoms with Crippen LogP contribution in [0.25, 0.3) is 0 Å². The van der Waals surface area contributed by atoms with E-state index in [1.165, 1.54) is 6.07 Å². The second-order valence-corrected chi connectivity index (χ2v) is 4.36. The van der Waals surface area contributed by atoms with Crippen LogP contribution in [0.2, 0.25) is 0 Å². The number of aromatic carboxylic acids is 1. The van der Waals surface area contributed by atoms with Crippen molar-refractivity contribution in [3.8, 4) is 0 Å². The molecule has 1 aromatic carbocycles. The highest BCUT2D eigenvalue weighted by atomic mass is 16.4. The van der Waals surface area contributed by atoms with Crippen LogP contribution in [0.15, 0.2) is 24.5 Å². The van der Waals surface area contributed by atoms with Crippen molar-refractivity contribution in [3.05, 3.63) is 47.0 Å². The van der Waals surface area contributed by atoms with Gasteiger partial charge in [0.2, 0.25) is 11.7 Å². The second kappa shape index (κ2) is 4.30. The van der Waals surface area contributed by atoms with Gasteiger partial charge in [0.15, 0.2) is 5.69 Å². The quantitative estimate of drug-likeness (QED) is 0.716. The molecule has 1 aliphatic heterocycles. The summed E-state index contributed by atoms with van der Waals surface area (Å²) in [6.45, 7) is 0. The molecule has 0 saturated carbocycles. The van der Waals surface area contributed by atoms with Gasteiger partial charge < -0.3 is 15.4 Å². The van der Waals surface area contributed by atoms with Crippen LogP contribution >= 0.6 is 0 Å². The van der Waals surface area contributed by atoms with Crippen LogP contribution in [0.3, 0.4) is 0 Å². The molecule has 0 aliphatic carbocycles. The van der Waals surface area contributed by atoms with Crippen LogP contribution in [-0.4, -0.2) is 32.7 Å². The number of rotatable bonds is 3. The molecule has 0 spiro atoms. The van der Waals surface area contributed by atoms with Gasteiger partial charge in [-0.2, -0.15) is 0 Å². The number of aromatic nitrogens is 2. The summed E-state index contributed by atoms with van der Waals surface area (Å²) in [4.78, 5) is 40.7. The van der Waals surface area contributed by atoms with Gasteiger partial charge in [0.25, 0.3) is 0 Å². The first-order chi connectivity index (χ1) is 9.56. The molecule has 3 rings (SSSR count). The zero-order valence-electron chi connectivity index (χ0n) is 10.1. The summed E-state index contributed by atoms with van der Waals surface area (Å²) < 4.78 is 0. The summed E-state index contributed by atoms with van der Waals surface area (Å²) in [6, 6.07) is 4.74. The topological polar surface area (TPSA) is 112 Å². The number of hydrogen-bond donors (Lipinski definition) is 3. The number of aromatic amines is 1. The number of ketones is 1. The molecule has 7 heteroatoms. The third-order valence-corrected chi connectivity index (χ3v) is 3.06. The number of imidazole rings is 1. The van der Waals surface area contributed by atoms with Crippen molar-refractivity contribution in [3.63, 3.8) is 0 Å². The molecule has 0 radical (unpaired) electrons. The summed E-state index contributed by atoms with van der Waals surface area (Å²) in [7, 11) is 0. The molecule has 2 aromatic rings. The monoisotopic (exact) mass is 271 g/mol. The summed E-state index contributed by atoms with van der Waals surface area (Å²) in [5.41, 5.74) is 1.30. The lowest BCUT2D eigenvalue weighted by Crippen LogP contribution is -2.09. The molecule has 20 heavy (non-hydrogen) atoms. The Hall–Kier alpha value is -2.96. The minimum Gasteiger partial charge on any atom is -0.477 e. The van der Waals surface area contributed by atoms with Gasteiger partial charge in [-0.3, -0.25) is 9.59 Å². The first-order valence-corrected chi connectivity index (χ1v) is 5.80. The van der Waals surface area contributed by atoms with E-state index in [1.54, 1.807) is 12.1 Å². The number of nitrogens with one attached hydrogen (secondary N) is 2. The van der Waals surface area contributed by atoms with Crippen LogP contribution in [0, 0.1) is 0 Å². The molecule has 1 aromatic heterocycles. The number of nitrogens with zero attached hydrogens (tertiary/aromatic N) is 1. The van der Waals surface area contributed by atoms with Crippen LogP contribution in [0.5, 0.6) is 0 Å². The lowest BCUT2D eigenvalue weighted by molar-refractivity contribution is -0.115. The molecule has 7 nitrogen and oxygen atoms in total. The molecule has 3 N–H and O–H groups in total. The lowest BCUT2D eigenvalue weighted by Gasteiger charge is -2.02. The summed E-state index contributed by atoms with van der Waals surface area (Å²) in [6.07, 6.45) is 1.37. The van der Waals surface area contributed by atoms with E-state index in [0.717, 1.165) is 6.33 Å². The lowest BCUT2D eigenvalue weighted by atomic mass is 10.0. The van der Waals surface area contributed by atoms with Crippen molar-refractivity contribution in [2.24, 2.45) is 0 Å². The Morgan fingerprint density at radius 1 is 1.30 bits per heavy atom. The molecule has 0 atom stereocenters. The Balaban J connectivity index is 2.00. The molecule has 1 amide bonds. The van der Waals surface area contributed by atoms with E-state index in [-0.39, 0.29) is 23.7 Å². The number of hydrogen-bond acceptors (Lipinski definition) is 4. The van der Waals surface area contributed by atoms with Crippen molar-refractivity contribution >= 4 is 23.3 Å². The zero-order valence-corrected chi connectivity index (χ0v) is 10.1. The second-order valence-electron chi connectivity index (χ2n) is 4.36. The summed E-state index contributed by atoms with van der Waals surface area (Å²) in [5.74, 6) is -1.87. The van der Waals surface area contributed by atoms with E-state index in [4.69, 9.17) is 5.11 Å². The van der Waals surface area contributed by atoms with Gasteiger partial charge in [0.1, 0.15) is 5.69 Å². The van der Waals surface area contributed by atoms with E-state index in [2.05, 4.69) is 15.3 Å². The summed E-state index contributed by atoms with van der Waals surface area (Å²) >= 11 is 0. The number of benzene rings is 1. The summed E-state index contributed by atoms with van der Waals surface area (Å²) in [5, 5.41) is 11.6. The molecule has 0 fully saturated rings. The third kappa shape index (κ3) is 1.85. The average Bonchev–Trinajstić information content (AvgIpc) is 3.01. The first kappa shape index (κ1) is 12.1. The number of amides is 1. The predicted octanol–water partition coefficient (Wildman–Crippen LogP) is 0.833. The van der Waals surface area contributed by atoms with Crippen LogP contribution in [0.4, 0.5) is 5.69 Å². The van der Waals surface area contributed by atoms with E-state index < -0.39 is 11.8 Å². The van der Waals surface area contributed by atoms with Gasteiger partial charge in [-0.1, -0.05) is 0 Å². The first-order valence-electron chi connectivity index (χ1n) is 5.80. The molecule has 0 unspecified atom stereocenters. The van der Waals surface area contributed by atoms with Crippen LogP contribution in [0.1, 0.15) is 32.1 Å². The predicted molar refractivity (Wildman–Crippen MR) is 67.8 cm³/mol. The number of carbonyl (C=O) groups is 3. The maximum Gasteiger partial charge on any atom is 0.354 e. The van der Waals surface area contributed by atoms with E-state index in [9.17, 15) is 14.4 Å². The standard InChI is InChI=1S/C13H9N3O4/c17-9-4-7-3-6(1-2-8(7)16-9)12(18)10-11(13(19)20)15-5-14-10/h1-3,5H,4H2,(H,14,15)(H,16,17)(H,19,20). The Bertz CT molecular complexity index is 748. The van der Waals surface area contributed by atoms with Crippen molar-refractivity contribution in [2.45, 2.75) is 6.42 Å². The molecule has 2 heterocycles. The normalized spacial score (nSPS) is 12.9. The fourth-order valence-electron chi connectivity index (χ4n) is 2.14. The number of fused-ring (bicyclic) bond motifs is 1. The van der Waals surface area contributed by atoms with Gasteiger partial charge in [0, 0.05) is 11.3 Å². The van der Waals surface area contributed by atoms with Crippen LogP contribution in [-0.2, 0) is 11.2 Å². The van der Waals surface area contributed by atoms with Crippen molar-refractivity contribution in [1.82, 2.24) is 9.97 Å². The molecule has 1 aliphatic rings. The molecule has 100 valence electrons. The maximum absolute atomic E-state index is 12.3. The fraction of sp³-hybridized carbons (Fsp3) is 0.0769. The molecule has 0 saturated heterocycles. The average molecular weight is 271 g/mol. The number of carbonyl (C=O) groups excluding carboxylic acids is 2. The number of anilines is 1. The largest absolute Gasteiger partial charge is 0.477 e. The molecular formula is C13H9N3O4. The smallest absolute Gasteiger partial charge is 0.354 e. The zero-order chi connectivity index (χ0) is 14.3. The third-order valence-electron chi connectivity index (χ3n) is 3.06.